The summed E-state index contributed by atoms with van der Waals surface area (Å²) in [5.41, 5.74) is 0.588. The van der Waals surface area contributed by atoms with Crippen molar-refractivity contribution in [2.45, 2.75) is 70.0 Å². The van der Waals surface area contributed by atoms with Gasteiger partial charge in [0.1, 0.15) is 34.6 Å². The van der Waals surface area contributed by atoms with Crippen LogP contribution in [0, 0.1) is 15.2 Å². The number of ether oxygens (including phenoxy) is 1. The number of likely N-dealkylation sites (tertiary alicyclic amines) is 1. The van der Waals surface area contributed by atoms with Crippen molar-refractivity contribution in [1.82, 2.24) is 14.5 Å². The van der Waals surface area contributed by atoms with Crippen molar-refractivity contribution in [3.05, 3.63) is 45.7 Å². The van der Waals surface area contributed by atoms with Crippen LogP contribution in [0.2, 0.25) is 0 Å². The highest BCUT2D eigenvalue weighted by Gasteiger charge is 2.33. The molecule has 4 rings (SSSR count). The number of carbonyl (C=O) groups is 1. The Morgan fingerprint density at radius 1 is 1.24 bits per heavy atom. The predicted octanol–water partition coefficient (Wildman–Crippen LogP) is 7.59. The Bertz CT molecular complexity index is 1290. The van der Waals surface area contributed by atoms with Crippen LogP contribution in [0.5, 0.6) is 0 Å². The van der Waals surface area contributed by atoms with Gasteiger partial charge in [-0.3, -0.25) is 4.90 Å². The number of hydrogen-bond acceptors (Lipinski definition) is 5. The van der Waals surface area contributed by atoms with Gasteiger partial charge in [0, 0.05) is 24.7 Å². The summed E-state index contributed by atoms with van der Waals surface area (Å²) < 4.78 is 38.3. The Morgan fingerprint density at radius 3 is 2.70 bits per heavy atom. The van der Waals surface area contributed by atoms with Crippen LogP contribution >= 0.6 is 34.4 Å². The SMILES string of the molecule is CCCSc1ccc(F)c(-n2cc(I)c3nc(N(C)C4CCCCN4C(=O)OC(C)(C)C)ccc32)c1F. The lowest BCUT2D eigenvalue weighted by molar-refractivity contribution is 0.00995. The molecule has 200 valence electrons. The molecule has 0 spiro atoms. The zero-order chi connectivity index (χ0) is 26.9. The molecular formula is C27H33F2IN4O2S. The number of pyridine rings is 1. The van der Waals surface area contributed by atoms with Crippen molar-refractivity contribution in [1.29, 1.82) is 0 Å². The molecule has 1 aromatic carbocycles. The van der Waals surface area contributed by atoms with Crippen molar-refractivity contribution < 1.29 is 18.3 Å². The quantitative estimate of drug-likeness (QED) is 0.205. The second-order valence-corrected chi connectivity index (χ2v) is 12.5. The molecule has 0 N–H and O–H groups in total. The normalized spacial score (nSPS) is 16.3. The number of halogens is 3. The topological polar surface area (TPSA) is 50.6 Å². The van der Waals surface area contributed by atoms with Gasteiger partial charge in [0.05, 0.1) is 9.09 Å². The molecule has 3 heterocycles. The molecule has 0 aliphatic carbocycles. The minimum absolute atomic E-state index is 0.0969. The van der Waals surface area contributed by atoms with Crippen LogP contribution in [0.4, 0.5) is 19.4 Å². The summed E-state index contributed by atoms with van der Waals surface area (Å²) in [6.07, 6.45) is 4.79. The number of anilines is 1. The van der Waals surface area contributed by atoms with E-state index >= 15 is 4.39 Å². The van der Waals surface area contributed by atoms with E-state index in [4.69, 9.17) is 9.72 Å². The van der Waals surface area contributed by atoms with E-state index < -0.39 is 17.2 Å². The van der Waals surface area contributed by atoms with E-state index in [1.165, 1.54) is 23.9 Å². The Labute approximate surface area is 234 Å². The highest BCUT2D eigenvalue weighted by atomic mass is 127. The minimum atomic E-state index is -0.622. The number of piperidine rings is 1. The largest absolute Gasteiger partial charge is 0.444 e. The van der Waals surface area contributed by atoms with Crippen molar-refractivity contribution in [2.24, 2.45) is 0 Å². The first-order valence-corrected chi connectivity index (χ1v) is 14.6. The number of thioether (sulfide) groups is 1. The molecule has 10 heteroatoms. The third-order valence-corrected chi connectivity index (χ3v) is 8.26. The number of benzene rings is 1. The third-order valence-electron chi connectivity index (χ3n) is 6.23. The highest BCUT2D eigenvalue weighted by molar-refractivity contribution is 14.1. The van der Waals surface area contributed by atoms with Crippen LogP contribution in [0.1, 0.15) is 53.4 Å². The molecule has 1 aliphatic heterocycles. The fourth-order valence-corrected chi connectivity index (χ4v) is 5.99. The van der Waals surface area contributed by atoms with Gasteiger partial charge >= 0.3 is 6.09 Å². The maximum atomic E-state index is 15.4. The summed E-state index contributed by atoms with van der Waals surface area (Å²) in [5, 5.41) is 0. The third kappa shape index (κ3) is 6.00. The number of nitrogens with zero attached hydrogens (tertiary/aromatic N) is 4. The van der Waals surface area contributed by atoms with E-state index in [1.807, 2.05) is 51.8 Å². The molecular weight excluding hydrogens is 609 g/mol. The van der Waals surface area contributed by atoms with Gasteiger partial charge in [0.25, 0.3) is 0 Å². The summed E-state index contributed by atoms with van der Waals surface area (Å²) in [5.74, 6) is 0.244. The van der Waals surface area contributed by atoms with Crippen molar-refractivity contribution in [3.8, 4) is 5.69 Å². The Morgan fingerprint density at radius 2 is 2.00 bits per heavy atom. The van der Waals surface area contributed by atoms with Gasteiger partial charge in [-0.05, 0) is 99.1 Å². The first-order chi connectivity index (χ1) is 17.5. The van der Waals surface area contributed by atoms with E-state index in [1.54, 1.807) is 15.7 Å². The summed E-state index contributed by atoms with van der Waals surface area (Å²) in [6.45, 7) is 8.22. The summed E-state index contributed by atoms with van der Waals surface area (Å²) in [6, 6.07) is 6.49. The fraction of sp³-hybridized carbons (Fsp3) is 0.481. The van der Waals surface area contributed by atoms with Crippen LogP contribution in [0.25, 0.3) is 16.7 Å². The zero-order valence-electron chi connectivity index (χ0n) is 21.9. The molecule has 0 saturated carbocycles. The Balaban J connectivity index is 1.69. The average Bonchev–Trinajstić information content (AvgIpc) is 3.17. The van der Waals surface area contributed by atoms with E-state index in [9.17, 15) is 9.18 Å². The molecule has 1 aliphatic rings. The van der Waals surface area contributed by atoms with Crippen molar-refractivity contribution in [3.63, 3.8) is 0 Å². The van der Waals surface area contributed by atoms with Crippen LogP contribution < -0.4 is 4.90 Å². The summed E-state index contributed by atoms with van der Waals surface area (Å²) >= 11 is 3.53. The van der Waals surface area contributed by atoms with Crippen LogP contribution in [0.15, 0.2) is 35.4 Å². The monoisotopic (exact) mass is 642 g/mol. The van der Waals surface area contributed by atoms with Gasteiger partial charge in [0.2, 0.25) is 0 Å². The molecule has 1 amide bonds. The first kappa shape index (κ1) is 27.9. The van der Waals surface area contributed by atoms with Gasteiger partial charge in [-0.15, -0.1) is 11.8 Å². The first-order valence-electron chi connectivity index (χ1n) is 12.5. The predicted molar refractivity (Wildman–Crippen MR) is 154 cm³/mol. The molecule has 0 bridgehead atoms. The number of carbonyl (C=O) groups excluding carboxylic acids is 1. The van der Waals surface area contributed by atoms with Crippen LogP contribution in [-0.2, 0) is 4.74 Å². The number of rotatable bonds is 6. The van der Waals surface area contributed by atoms with Crippen molar-refractivity contribution in [2.75, 3.05) is 24.2 Å². The van der Waals surface area contributed by atoms with E-state index in [0.29, 0.717) is 28.3 Å². The second kappa shape index (κ2) is 11.3. The molecule has 1 atom stereocenters. The van der Waals surface area contributed by atoms with Gasteiger partial charge in [-0.1, -0.05) is 6.92 Å². The molecule has 1 fully saturated rings. The molecule has 37 heavy (non-hydrogen) atoms. The number of aromatic nitrogens is 2. The number of hydrogen-bond donors (Lipinski definition) is 0. The van der Waals surface area contributed by atoms with Gasteiger partial charge in [0.15, 0.2) is 5.82 Å². The van der Waals surface area contributed by atoms with Crippen LogP contribution in [-0.4, -0.2) is 51.7 Å². The lowest BCUT2D eigenvalue weighted by Crippen LogP contribution is -2.53. The number of fused-ring (bicyclic) bond motifs is 1. The average molecular weight is 643 g/mol. The maximum Gasteiger partial charge on any atom is 0.411 e. The lowest BCUT2D eigenvalue weighted by Gasteiger charge is -2.41. The maximum absolute atomic E-state index is 15.4. The van der Waals surface area contributed by atoms with E-state index in [2.05, 4.69) is 22.6 Å². The fourth-order valence-electron chi connectivity index (χ4n) is 4.51. The van der Waals surface area contributed by atoms with Gasteiger partial charge in [-0.25, -0.2) is 18.6 Å². The molecule has 1 saturated heterocycles. The second-order valence-electron chi connectivity index (χ2n) is 10.2. The van der Waals surface area contributed by atoms with E-state index in [-0.39, 0.29) is 17.9 Å². The van der Waals surface area contributed by atoms with Crippen molar-refractivity contribution >= 4 is 57.3 Å². The molecule has 1 unspecified atom stereocenters. The minimum Gasteiger partial charge on any atom is -0.444 e. The van der Waals surface area contributed by atoms with Gasteiger partial charge in [-0.2, -0.15) is 0 Å². The van der Waals surface area contributed by atoms with Crippen LogP contribution in [0.3, 0.4) is 0 Å². The summed E-state index contributed by atoms with van der Waals surface area (Å²) in [7, 11) is 1.92. The molecule has 2 aromatic heterocycles. The molecule has 0 radical (unpaired) electrons. The highest BCUT2D eigenvalue weighted by Crippen LogP contribution is 2.34. The Hall–Kier alpha value is -2.08. The van der Waals surface area contributed by atoms with E-state index in [0.717, 1.165) is 35.0 Å². The molecule has 3 aromatic rings. The Kier molecular flexibility index (Phi) is 8.57. The summed E-state index contributed by atoms with van der Waals surface area (Å²) in [4.78, 5) is 22.0. The lowest BCUT2D eigenvalue weighted by atomic mass is 10.1. The standard InChI is InChI=1S/C27H33F2IN4O2S/c1-6-15-37-20-12-10-17(28)25(23(20)29)34-16-18(30)24-19(34)11-13-21(31-24)32(5)22-9-7-8-14-33(22)26(35)36-27(2,3)4/h10-13,16,22H,6-9,14-15H2,1-5H3. The van der Waals surface area contributed by atoms with Gasteiger partial charge < -0.3 is 14.2 Å². The zero-order valence-corrected chi connectivity index (χ0v) is 24.8. The molecule has 6 nitrogen and oxygen atoms in total. The smallest absolute Gasteiger partial charge is 0.411 e. The number of amides is 1.